The van der Waals surface area contributed by atoms with Gasteiger partial charge >= 0.3 is 0 Å². The molecule has 0 aliphatic rings. The molecule has 0 aliphatic carbocycles. The molecule has 0 spiro atoms. The van der Waals surface area contributed by atoms with Gasteiger partial charge in [0.2, 0.25) is 5.91 Å². The van der Waals surface area contributed by atoms with E-state index in [0.29, 0.717) is 6.42 Å². The zero-order chi connectivity index (χ0) is 13.0. The molecule has 2 N–H and O–H groups in total. The highest BCUT2D eigenvalue weighted by Crippen LogP contribution is 2.19. The molecule has 96 valence electrons. The van der Waals surface area contributed by atoms with Crippen molar-refractivity contribution in [3.05, 3.63) is 0 Å². The van der Waals surface area contributed by atoms with Crippen LogP contribution in [0.2, 0.25) is 0 Å². The monoisotopic (exact) mass is 251 g/mol. The molecule has 0 aromatic heterocycles. The minimum absolute atomic E-state index is 0.0998. The summed E-state index contributed by atoms with van der Waals surface area (Å²) < 4.78 is 29.8. The van der Waals surface area contributed by atoms with Crippen molar-refractivity contribution in [3.63, 3.8) is 0 Å². The molecular formula is C10H21NO4S. The van der Waals surface area contributed by atoms with Crippen molar-refractivity contribution in [2.24, 2.45) is 11.3 Å². The van der Waals surface area contributed by atoms with E-state index in [2.05, 4.69) is 5.32 Å². The molecule has 0 aromatic carbocycles. The summed E-state index contributed by atoms with van der Waals surface area (Å²) in [6.45, 7) is 7.49. The fourth-order valence-corrected chi connectivity index (χ4v) is 1.92. The number of hydrogen-bond donors (Lipinski definition) is 2. The fraction of sp³-hybridized carbons (Fsp3) is 0.900. The molecule has 0 heterocycles. The van der Waals surface area contributed by atoms with Gasteiger partial charge in [-0.3, -0.25) is 9.35 Å². The molecule has 0 rings (SSSR count). The third-order valence-electron chi connectivity index (χ3n) is 2.60. The van der Waals surface area contributed by atoms with E-state index in [1.54, 1.807) is 6.92 Å². The van der Waals surface area contributed by atoms with Crippen molar-refractivity contribution in [1.29, 1.82) is 0 Å². The van der Waals surface area contributed by atoms with Gasteiger partial charge in [0.05, 0.1) is 5.75 Å². The summed E-state index contributed by atoms with van der Waals surface area (Å²) >= 11 is 0. The van der Waals surface area contributed by atoms with E-state index < -0.39 is 15.5 Å². The number of hydrogen-bond acceptors (Lipinski definition) is 3. The first-order valence-electron chi connectivity index (χ1n) is 5.32. The maximum atomic E-state index is 11.6. The third-order valence-corrected chi connectivity index (χ3v) is 3.60. The summed E-state index contributed by atoms with van der Waals surface area (Å²) in [4.78, 5) is 11.6. The van der Waals surface area contributed by atoms with Crippen LogP contribution in [-0.4, -0.2) is 31.2 Å². The molecule has 0 aliphatic heterocycles. The van der Waals surface area contributed by atoms with Crippen molar-refractivity contribution in [2.45, 2.75) is 34.1 Å². The standard InChI is InChI=1S/C10H21NO4S/c1-5-10(3,4)9(12)11-6-8(2)7-16(13,14)15/h8H,5-7H2,1-4H3,(H,11,12)(H,13,14,15). The molecule has 1 amide bonds. The van der Waals surface area contributed by atoms with Crippen molar-refractivity contribution < 1.29 is 17.8 Å². The van der Waals surface area contributed by atoms with E-state index in [9.17, 15) is 13.2 Å². The number of carbonyl (C=O) groups is 1. The maximum absolute atomic E-state index is 11.6. The Hall–Kier alpha value is -0.620. The van der Waals surface area contributed by atoms with Crippen LogP contribution in [0.25, 0.3) is 0 Å². The minimum atomic E-state index is -3.96. The largest absolute Gasteiger partial charge is 0.355 e. The van der Waals surface area contributed by atoms with Gasteiger partial charge in [-0.05, 0) is 12.3 Å². The summed E-state index contributed by atoms with van der Waals surface area (Å²) in [5.74, 6) is -0.733. The van der Waals surface area contributed by atoms with Gasteiger partial charge in [0.15, 0.2) is 0 Å². The van der Waals surface area contributed by atoms with Crippen LogP contribution in [0.15, 0.2) is 0 Å². The Morgan fingerprint density at radius 1 is 1.44 bits per heavy atom. The molecule has 6 heteroatoms. The van der Waals surface area contributed by atoms with Crippen LogP contribution in [0.4, 0.5) is 0 Å². The second kappa shape index (κ2) is 5.63. The molecule has 1 atom stereocenters. The van der Waals surface area contributed by atoms with Crippen LogP contribution in [-0.2, 0) is 14.9 Å². The zero-order valence-electron chi connectivity index (χ0n) is 10.3. The number of carbonyl (C=O) groups excluding carboxylic acids is 1. The first-order chi connectivity index (χ1) is 7.08. The van der Waals surface area contributed by atoms with Crippen LogP contribution in [0.1, 0.15) is 34.1 Å². The van der Waals surface area contributed by atoms with Crippen LogP contribution >= 0.6 is 0 Å². The lowest BCUT2D eigenvalue weighted by Crippen LogP contribution is -2.39. The lowest BCUT2D eigenvalue weighted by atomic mass is 9.89. The van der Waals surface area contributed by atoms with E-state index in [1.807, 2.05) is 20.8 Å². The Balaban J connectivity index is 4.12. The Morgan fingerprint density at radius 2 is 1.94 bits per heavy atom. The Bertz CT molecular complexity index is 335. The molecule has 0 saturated heterocycles. The van der Waals surface area contributed by atoms with E-state index in [0.717, 1.165) is 0 Å². The highest BCUT2D eigenvalue weighted by Gasteiger charge is 2.25. The van der Waals surface area contributed by atoms with Crippen LogP contribution in [0.5, 0.6) is 0 Å². The van der Waals surface area contributed by atoms with E-state index in [-0.39, 0.29) is 24.1 Å². The molecule has 0 bridgehead atoms. The van der Waals surface area contributed by atoms with E-state index >= 15 is 0 Å². The highest BCUT2D eigenvalue weighted by atomic mass is 32.2. The molecule has 0 aromatic rings. The predicted octanol–water partition coefficient (Wildman–Crippen LogP) is 1.06. The first kappa shape index (κ1) is 15.4. The summed E-state index contributed by atoms with van der Waals surface area (Å²) in [6, 6.07) is 0. The summed E-state index contributed by atoms with van der Waals surface area (Å²) in [6.07, 6.45) is 0.714. The Kier molecular flexibility index (Phi) is 5.41. The van der Waals surface area contributed by atoms with Crippen LogP contribution in [0.3, 0.4) is 0 Å². The van der Waals surface area contributed by atoms with Crippen molar-refractivity contribution in [1.82, 2.24) is 5.32 Å². The zero-order valence-corrected chi connectivity index (χ0v) is 11.1. The third kappa shape index (κ3) is 6.07. The number of amides is 1. The van der Waals surface area contributed by atoms with Crippen molar-refractivity contribution in [2.75, 3.05) is 12.3 Å². The van der Waals surface area contributed by atoms with Gasteiger partial charge in [-0.15, -0.1) is 0 Å². The number of nitrogens with one attached hydrogen (secondary N) is 1. The molecular weight excluding hydrogens is 230 g/mol. The first-order valence-corrected chi connectivity index (χ1v) is 6.93. The topological polar surface area (TPSA) is 83.5 Å². The molecule has 0 fully saturated rings. The van der Waals surface area contributed by atoms with Crippen molar-refractivity contribution in [3.8, 4) is 0 Å². The van der Waals surface area contributed by atoms with Gasteiger partial charge < -0.3 is 5.32 Å². The summed E-state index contributed by atoms with van der Waals surface area (Å²) in [5.41, 5.74) is -0.447. The highest BCUT2D eigenvalue weighted by molar-refractivity contribution is 7.85. The fourth-order valence-electron chi connectivity index (χ4n) is 1.09. The van der Waals surface area contributed by atoms with E-state index in [4.69, 9.17) is 4.55 Å². The van der Waals surface area contributed by atoms with Crippen LogP contribution in [0, 0.1) is 11.3 Å². The predicted molar refractivity (Wildman–Crippen MR) is 62.7 cm³/mol. The normalized spacial score (nSPS) is 14.6. The molecule has 0 saturated carbocycles. The molecule has 0 radical (unpaired) electrons. The van der Waals surface area contributed by atoms with Gasteiger partial charge in [-0.2, -0.15) is 8.42 Å². The quantitative estimate of drug-likeness (QED) is 0.691. The lowest BCUT2D eigenvalue weighted by Gasteiger charge is -2.22. The van der Waals surface area contributed by atoms with Gasteiger partial charge in [0.1, 0.15) is 0 Å². The van der Waals surface area contributed by atoms with Gasteiger partial charge in [-0.1, -0.05) is 27.7 Å². The second-order valence-corrected chi connectivity index (χ2v) is 6.30. The molecule has 16 heavy (non-hydrogen) atoms. The maximum Gasteiger partial charge on any atom is 0.265 e. The lowest BCUT2D eigenvalue weighted by molar-refractivity contribution is -0.129. The summed E-state index contributed by atoms with van der Waals surface area (Å²) in [7, 11) is -3.96. The smallest absolute Gasteiger partial charge is 0.265 e. The van der Waals surface area contributed by atoms with E-state index in [1.165, 1.54) is 0 Å². The van der Waals surface area contributed by atoms with Gasteiger partial charge in [0, 0.05) is 12.0 Å². The van der Waals surface area contributed by atoms with Crippen LogP contribution < -0.4 is 5.32 Å². The second-order valence-electron chi connectivity index (χ2n) is 4.80. The summed E-state index contributed by atoms with van der Waals surface area (Å²) in [5, 5.41) is 2.68. The average molecular weight is 251 g/mol. The van der Waals surface area contributed by atoms with Crippen molar-refractivity contribution >= 4 is 16.0 Å². The van der Waals surface area contributed by atoms with Gasteiger partial charge in [-0.25, -0.2) is 0 Å². The Labute approximate surface area is 97.4 Å². The number of rotatable bonds is 6. The minimum Gasteiger partial charge on any atom is -0.355 e. The Morgan fingerprint density at radius 3 is 2.31 bits per heavy atom. The average Bonchev–Trinajstić information content (AvgIpc) is 2.11. The molecule has 5 nitrogen and oxygen atoms in total. The van der Waals surface area contributed by atoms with Gasteiger partial charge in [0.25, 0.3) is 10.1 Å². The SMILES string of the molecule is CCC(C)(C)C(=O)NCC(C)CS(=O)(=O)O. The molecule has 1 unspecified atom stereocenters.